The normalized spacial score (nSPS) is 18.5. The zero-order valence-electron chi connectivity index (χ0n) is 15.2. The second-order valence-corrected chi connectivity index (χ2v) is 7.40. The van der Waals surface area contributed by atoms with Crippen LogP contribution in [0.25, 0.3) is 5.69 Å². The molecule has 2 aromatic carbocycles. The van der Waals surface area contributed by atoms with Gasteiger partial charge < -0.3 is 5.32 Å². The summed E-state index contributed by atoms with van der Waals surface area (Å²) in [5, 5.41) is 7.13. The first kappa shape index (κ1) is 19.5. The molecule has 4 rings (SSSR count). The summed E-state index contributed by atoms with van der Waals surface area (Å²) in [7, 11) is 0. The zero-order chi connectivity index (χ0) is 20.6. The second-order valence-electron chi connectivity index (χ2n) is 7.00. The molecule has 2 atom stereocenters. The van der Waals surface area contributed by atoms with Crippen molar-refractivity contribution in [2.24, 2.45) is 5.92 Å². The lowest BCUT2D eigenvalue weighted by Crippen LogP contribution is -2.24. The third kappa shape index (κ3) is 4.29. The van der Waals surface area contributed by atoms with Crippen molar-refractivity contribution in [1.29, 1.82) is 0 Å². The monoisotopic (exact) mass is 419 g/mol. The lowest BCUT2D eigenvalue weighted by Gasteiger charge is -2.08. The summed E-state index contributed by atoms with van der Waals surface area (Å²) in [6.07, 6.45) is -2.43. The molecule has 1 aliphatic rings. The molecule has 3 aromatic rings. The van der Waals surface area contributed by atoms with Gasteiger partial charge in [0.1, 0.15) is 0 Å². The van der Waals surface area contributed by atoms with E-state index in [1.807, 2.05) is 24.3 Å². The molecule has 2 unspecified atom stereocenters. The average molecular weight is 420 g/mol. The number of aromatic nitrogens is 2. The fourth-order valence-corrected chi connectivity index (χ4v) is 3.59. The van der Waals surface area contributed by atoms with E-state index in [-0.39, 0.29) is 17.7 Å². The Balaban J connectivity index is 1.33. The van der Waals surface area contributed by atoms with Gasteiger partial charge in [-0.25, -0.2) is 4.68 Å². The molecule has 150 valence electrons. The lowest BCUT2D eigenvalue weighted by molar-refractivity contribution is -0.141. The Morgan fingerprint density at radius 2 is 1.86 bits per heavy atom. The highest BCUT2D eigenvalue weighted by Gasteiger charge is 2.44. The van der Waals surface area contributed by atoms with Gasteiger partial charge in [0.25, 0.3) is 0 Å². The number of halogens is 4. The molecule has 1 heterocycles. The van der Waals surface area contributed by atoms with Crippen LogP contribution in [0.2, 0.25) is 5.02 Å². The first-order valence-corrected chi connectivity index (χ1v) is 9.45. The molecule has 0 aliphatic heterocycles. The van der Waals surface area contributed by atoms with Crippen molar-refractivity contribution in [1.82, 2.24) is 15.1 Å². The van der Waals surface area contributed by atoms with Crippen molar-refractivity contribution >= 4 is 17.5 Å². The number of amides is 1. The summed E-state index contributed by atoms with van der Waals surface area (Å²) < 4.78 is 39.2. The smallest absolute Gasteiger partial charge is 0.352 e. The van der Waals surface area contributed by atoms with Gasteiger partial charge in [0.2, 0.25) is 5.91 Å². The molecule has 1 fully saturated rings. The molecule has 1 aromatic heterocycles. The van der Waals surface area contributed by atoms with Crippen molar-refractivity contribution in [3.8, 4) is 5.69 Å². The minimum absolute atomic E-state index is 0.0270. The van der Waals surface area contributed by atoms with Gasteiger partial charge in [-0.05, 0) is 47.7 Å². The Labute approximate surface area is 170 Å². The van der Waals surface area contributed by atoms with E-state index in [0.29, 0.717) is 17.3 Å². The Kier molecular flexibility index (Phi) is 5.08. The second kappa shape index (κ2) is 7.55. The number of benzene rings is 2. The number of rotatable bonds is 5. The minimum Gasteiger partial charge on any atom is -0.352 e. The van der Waals surface area contributed by atoms with Gasteiger partial charge in [0, 0.05) is 23.7 Å². The van der Waals surface area contributed by atoms with Crippen molar-refractivity contribution in [3.63, 3.8) is 0 Å². The van der Waals surface area contributed by atoms with Crippen LogP contribution in [-0.2, 0) is 17.5 Å². The molecule has 0 bridgehead atoms. The minimum atomic E-state index is -4.47. The molecular formula is C21H17ClF3N3O. The first-order valence-electron chi connectivity index (χ1n) is 9.07. The van der Waals surface area contributed by atoms with Crippen molar-refractivity contribution in [2.75, 3.05) is 0 Å². The third-order valence-electron chi connectivity index (χ3n) is 4.98. The number of carbonyl (C=O) groups is 1. The van der Waals surface area contributed by atoms with E-state index in [1.165, 1.54) is 10.9 Å². The Morgan fingerprint density at radius 1 is 1.14 bits per heavy atom. The van der Waals surface area contributed by atoms with E-state index in [9.17, 15) is 18.0 Å². The number of alkyl halides is 3. The highest BCUT2D eigenvalue weighted by Crippen LogP contribution is 2.49. The fraction of sp³-hybridized carbons (Fsp3) is 0.238. The topological polar surface area (TPSA) is 46.9 Å². The summed E-state index contributed by atoms with van der Waals surface area (Å²) in [5.74, 6) is 0.0358. The number of hydrogen-bond acceptors (Lipinski definition) is 2. The number of nitrogens with one attached hydrogen (secondary N) is 1. The molecule has 1 saturated carbocycles. The SMILES string of the molecule is O=C(NCc1ccc(-n2ccc(C(F)(F)F)n2)cc1)C1CC1c1ccccc1Cl. The van der Waals surface area contributed by atoms with Crippen molar-refractivity contribution < 1.29 is 18.0 Å². The molecule has 1 aliphatic carbocycles. The van der Waals surface area contributed by atoms with Gasteiger partial charge in [0.05, 0.1) is 5.69 Å². The summed E-state index contributed by atoms with van der Waals surface area (Å²) in [6, 6.07) is 15.3. The summed E-state index contributed by atoms with van der Waals surface area (Å²) in [4.78, 5) is 12.4. The molecule has 8 heteroatoms. The highest BCUT2D eigenvalue weighted by atomic mass is 35.5. The third-order valence-corrected chi connectivity index (χ3v) is 5.32. The summed E-state index contributed by atoms with van der Waals surface area (Å²) in [5.41, 5.74) is 1.42. The maximum Gasteiger partial charge on any atom is 0.435 e. The van der Waals surface area contributed by atoms with Crippen LogP contribution in [-0.4, -0.2) is 15.7 Å². The summed E-state index contributed by atoms with van der Waals surface area (Å²) >= 11 is 6.19. The van der Waals surface area contributed by atoms with Gasteiger partial charge in [-0.1, -0.05) is 41.9 Å². The van der Waals surface area contributed by atoms with Gasteiger partial charge >= 0.3 is 6.18 Å². The van der Waals surface area contributed by atoms with Crippen LogP contribution in [0.4, 0.5) is 13.2 Å². The van der Waals surface area contributed by atoms with Crippen molar-refractivity contribution in [3.05, 3.63) is 82.6 Å². The molecule has 0 spiro atoms. The van der Waals surface area contributed by atoms with Crippen LogP contribution in [0.1, 0.15) is 29.2 Å². The molecular weight excluding hydrogens is 403 g/mol. The van der Waals surface area contributed by atoms with E-state index in [0.717, 1.165) is 23.6 Å². The van der Waals surface area contributed by atoms with E-state index < -0.39 is 11.9 Å². The van der Waals surface area contributed by atoms with E-state index in [4.69, 9.17) is 11.6 Å². The van der Waals surface area contributed by atoms with Crippen LogP contribution >= 0.6 is 11.6 Å². The van der Waals surface area contributed by atoms with E-state index in [1.54, 1.807) is 24.3 Å². The van der Waals surface area contributed by atoms with E-state index in [2.05, 4.69) is 10.4 Å². The highest BCUT2D eigenvalue weighted by molar-refractivity contribution is 6.31. The summed E-state index contributed by atoms with van der Waals surface area (Å²) in [6.45, 7) is 0.345. The average Bonchev–Trinajstić information content (AvgIpc) is 3.32. The Bertz CT molecular complexity index is 1030. The predicted octanol–water partition coefficient (Wildman–Crippen LogP) is 4.96. The maximum absolute atomic E-state index is 12.7. The molecule has 4 nitrogen and oxygen atoms in total. The van der Waals surface area contributed by atoms with Gasteiger partial charge in [-0.15, -0.1) is 0 Å². The van der Waals surface area contributed by atoms with Crippen LogP contribution < -0.4 is 5.32 Å². The fourth-order valence-electron chi connectivity index (χ4n) is 3.31. The van der Waals surface area contributed by atoms with Crippen molar-refractivity contribution in [2.45, 2.75) is 25.1 Å². The number of carbonyl (C=O) groups excluding carboxylic acids is 1. The van der Waals surface area contributed by atoms with Crippen LogP contribution in [0, 0.1) is 5.92 Å². The standard InChI is InChI=1S/C21H17ClF3N3O/c22-18-4-2-1-3-15(18)16-11-17(16)20(29)26-12-13-5-7-14(8-6-13)28-10-9-19(27-28)21(23,24)25/h1-10,16-17H,11-12H2,(H,26,29). The number of hydrogen-bond donors (Lipinski definition) is 1. The van der Waals surface area contributed by atoms with Crippen LogP contribution in [0.3, 0.4) is 0 Å². The lowest BCUT2D eigenvalue weighted by atomic mass is 10.1. The molecule has 1 amide bonds. The van der Waals surface area contributed by atoms with Crippen LogP contribution in [0.15, 0.2) is 60.8 Å². The Hall–Kier alpha value is -2.80. The van der Waals surface area contributed by atoms with Gasteiger partial charge in [-0.2, -0.15) is 18.3 Å². The largest absolute Gasteiger partial charge is 0.435 e. The zero-order valence-corrected chi connectivity index (χ0v) is 15.9. The predicted molar refractivity (Wildman–Crippen MR) is 103 cm³/mol. The van der Waals surface area contributed by atoms with Gasteiger partial charge in [-0.3, -0.25) is 4.79 Å². The molecule has 0 saturated heterocycles. The molecule has 0 radical (unpaired) electrons. The molecule has 29 heavy (non-hydrogen) atoms. The molecule has 1 N–H and O–H groups in total. The first-order chi connectivity index (χ1) is 13.8. The Morgan fingerprint density at radius 3 is 2.52 bits per heavy atom. The van der Waals surface area contributed by atoms with E-state index >= 15 is 0 Å². The maximum atomic E-state index is 12.7. The van der Waals surface area contributed by atoms with Gasteiger partial charge in [0.15, 0.2) is 5.69 Å². The quantitative estimate of drug-likeness (QED) is 0.635. The number of nitrogens with zero attached hydrogens (tertiary/aromatic N) is 2. The van der Waals surface area contributed by atoms with Crippen LogP contribution in [0.5, 0.6) is 0 Å².